The number of anilines is 2. The third-order valence-corrected chi connectivity index (χ3v) is 6.83. The Hall–Kier alpha value is -1.48. The summed E-state index contributed by atoms with van der Waals surface area (Å²) >= 11 is 1.77. The van der Waals surface area contributed by atoms with Crippen LogP contribution in [0.1, 0.15) is 39.5 Å². The van der Waals surface area contributed by atoms with Crippen LogP contribution in [-0.2, 0) is 6.42 Å². The number of thiophene rings is 1. The standard InChI is InChI=1S/C22H41N7S/c1-6-18-17-19-20(24-12-11-23)25-22(26-21(19)30-18)29(15-13-27(7-2)8-3)16-14-28(9-4)10-5/h17H,6-16,23H2,1-5H3,(H,24,25,26). The minimum absolute atomic E-state index is 0.583. The molecule has 0 aliphatic heterocycles. The Balaban J connectivity index is 2.35. The minimum atomic E-state index is 0.583. The molecule has 2 aromatic heterocycles. The van der Waals surface area contributed by atoms with Crippen molar-refractivity contribution in [2.75, 3.05) is 75.7 Å². The first-order chi connectivity index (χ1) is 14.6. The lowest BCUT2D eigenvalue weighted by molar-refractivity contribution is 0.293. The van der Waals surface area contributed by atoms with Crippen LogP contribution in [0.2, 0.25) is 0 Å². The Morgan fingerprint density at radius 1 is 0.900 bits per heavy atom. The highest BCUT2D eigenvalue weighted by molar-refractivity contribution is 7.18. The molecule has 0 saturated heterocycles. The summed E-state index contributed by atoms with van der Waals surface area (Å²) in [5, 5.41) is 4.54. The SMILES string of the molecule is CCc1cc2c(NCCN)nc(N(CCN(CC)CC)CCN(CC)CC)nc2s1. The first kappa shape index (κ1) is 24.8. The van der Waals surface area contributed by atoms with Crippen LogP contribution in [0.4, 0.5) is 11.8 Å². The third kappa shape index (κ3) is 6.77. The molecule has 0 aliphatic rings. The van der Waals surface area contributed by atoms with Crippen molar-refractivity contribution in [1.29, 1.82) is 0 Å². The predicted molar refractivity (Wildman–Crippen MR) is 132 cm³/mol. The van der Waals surface area contributed by atoms with Gasteiger partial charge < -0.3 is 25.8 Å². The number of fused-ring (bicyclic) bond motifs is 1. The molecule has 0 atom stereocenters. The van der Waals surface area contributed by atoms with Crippen molar-refractivity contribution in [3.8, 4) is 0 Å². The summed E-state index contributed by atoms with van der Waals surface area (Å²) in [7, 11) is 0. The van der Waals surface area contributed by atoms with Crippen molar-refractivity contribution in [3.05, 3.63) is 10.9 Å². The lowest BCUT2D eigenvalue weighted by Crippen LogP contribution is -2.40. The van der Waals surface area contributed by atoms with E-state index in [-0.39, 0.29) is 0 Å². The zero-order valence-corrected chi connectivity index (χ0v) is 20.4. The second-order valence-corrected chi connectivity index (χ2v) is 8.53. The lowest BCUT2D eigenvalue weighted by Gasteiger charge is -2.29. The van der Waals surface area contributed by atoms with E-state index in [1.807, 2.05) is 0 Å². The molecule has 2 aromatic rings. The van der Waals surface area contributed by atoms with Crippen molar-refractivity contribution in [3.63, 3.8) is 0 Å². The largest absolute Gasteiger partial charge is 0.368 e. The summed E-state index contributed by atoms with van der Waals surface area (Å²) < 4.78 is 0. The highest BCUT2D eigenvalue weighted by Gasteiger charge is 2.17. The van der Waals surface area contributed by atoms with Crippen molar-refractivity contribution in [1.82, 2.24) is 19.8 Å². The molecular formula is C22H41N7S. The molecular weight excluding hydrogens is 394 g/mol. The molecule has 0 fully saturated rings. The van der Waals surface area contributed by atoms with Gasteiger partial charge >= 0.3 is 0 Å². The second kappa shape index (κ2) is 13.0. The van der Waals surface area contributed by atoms with E-state index >= 15 is 0 Å². The lowest BCUT2D eigenvalue weighted by atomic mass is 10.3. The molecule has 0 spiro atoms. The van der Waals surface area contributed by atoms with Gasteiger partial charge in [0.1, 0.15) is 10.6 Å². The Bertz CT molecular complexity index is 724. The Morgan fingerprint density at radius 2 is 1.50 bits per heavy atom. The zero-order valence-electron chi connectivity index (χ0n) is 19.6. The number of nitrogens with two attached hydrogens (primary N) is 1. The van der Waals surface area contributed by atoms with Crippen LogP contribution < -0.4 is 16.0 Å². The van der Waals surface area contributed by atoms with E-state index in [0.717, 1.165) is 80.8 Å². The number of aromatic nitrogens is 2. The predicted octanol–water partition coefficient (Wildman–Crippen LogP) is 3.11. The van der Waals surface area contributed by atoms with Gasteiger partial charge in [-0.1, -0.05) is 34.6 Å². The van der Waals surface area contributed by atoms with Crippen LogP contribution in [0.15, 0.2) is 6.07 Å². The molecule has 2 rings (SSSR count). The van der Waals surface area contributed by atoms with Crippen LogP contribution >= 0.6 is 11.3 Å². The molecule has 8 heteroatoms. The van der Waals surface area contributed by atoms with Crippen LogP contribution in [0.5, 0.6) is 0 Å². The molecule has 3 N–H and O–H groups in total. The second-order valence-electron chi connectivity index (χ2n) is 7.41. The third-order valence-electron chi connectivity index (χ3n) is 5.66. The number of aryl methyl sites for hydroxylation is 1. The molecule has 2 heterocycles. The topological polar surface area (TPSA) is 73.6 Å². The number of hydrogen-bond donors (Lipinski definition) is 2. The fourth-order valence-corrected chi connectivity index (χ4v) is 4.48. The highest BCUT2D eigenvalue weighted by Crippen LogP contribution is 2.31. The van der Waals surface area contributed by atoms with Gasteiger partial charge in [-0.25, -0.2) is 4.98 Å². The van der Waals surface area contributed by atoms with E-state index < -0.39 is 0 Å². The fraction of sp³-hybridized carbons (Fsp3) is 0.727. The number of nitrogens with one attached hydrogen (secondary N) is 1. The average Bonchev–Trinajstić information content (AvgIpc) is 3.20. The molecule has 0 aliphatic carbocycles. The molecule has 7 nitrogen and oxygen atoms in total. The Kier molecular flexibility index (Phi) is 10.8. The van der Waals surface area contributed by atoms with Crippen LogP contribution in [0.3, 0.4) is 0 Å². The summed E-state index contributed by atoms with van der Waals surface area (Å²) in [6.45, 7) is 20.5. The van der Waals surface area contributed by atoms with Crippen molar-refractivity contribution in [2.24, 2.45) is 5.73 Å². The molecule has 0 bridgehead atoms. The van der Waals surface area contributed by atoms with E-state index in [9.17, 15) is 0 Å². The van der Waals surface area contributed by atoms with E-state index in [1.165, 1.54) is 4.88 Å². The van der Waals surface area contributed by atoms with Gasteiger partial charge in [-0.2, -0.15) is 4.98 Å². The number of rotatable bonds is 15. The van der Waals surface area contributed by atoms with Crippen LogP contribution in [0.25, 0.3) is 10.2 Å². The van der Waals surface area contributed by atoms with E-state index in [2.05, 4.69) is 60.7 Å². The number of likely N-dealkylation sites (N-methyl/N-ethyl adjacent to an activating group) is 2. The van der Waals surface area contributed by atoms with Gasteiger partial charge in [0, 0.05) is 44.1 Å². The van der Waals surface area contributed by atoms with E-state index in [0.29, 0.717) is 13.1 Å². The maximum Gasteiger partial charge on any atom is 0.228 e. The van der Waals surface area contributed by atoms with Crippen molar-refractivity contribution in [2.45, 2.75) is 41.0 Å². The maximum absolute atomic E-state index is 5.75. The van der Waals surface area contributed by atoms with Gasteiger partial charge in [-0.05, 0) is 38.7 Å². The van der Waals surface area contributed by atoms with Gasteiger partial charge in [-0.3, -0.25) is 0 Å². The summed E-state index contributed by atoms with van der Waals surface area (Å²) in [4.78, 5) is 19.6. The molecule has 30 heavy (non-hydrogen) atoms. The Labute approximate surface area is 186 Å². The molecule has 0 radical (unpaired) electrons. The normalized spacial score (nSPS) is 11.7. The minimum Gasteiger partial charge on any atom is -0.368 e. The number of nitrogens with zero attached hydrogens (tertiary/aromatic N) is 5. The highest BCUT2D eigenvalue weighted by atomic mass is 32.1. The van der Waals surface area contributed by atoms with Gasteiger partial charge in [0.2, 0.25) is 5.95 Å². The summed E-state index contributed by atoms with van der Waals surface area (Å²) in [6, 6.07) is 2.22. The van der Waals surface area contributed by atoms with E-state index in [4.69, 9.17) is 15.7 Å². The van der Waals surface area contributed by atoms with Gasteiger partial charge in [0.05, 0.1) is 5.39 Å². The zero-order chi connectivity index (χ0) is 21.9. The van der Waals surface area contributed by atoms with Gasteiger partial charge in [-0.15, -0.1) is 11.3 Å². The fourth-order valence-electron chi connectivity index (χ4n) is 3.52. The van der Waals surface area contributed by atoms with Crippen LogP contribution in [-0.4, -0.2) is 85.2 Å². The van der Waals surface area contributed by atoms with Crippen molar-refractivity contribution >= 4 is 33.3 Å². The molecule has 0 amide bonds. The quantitative estimate of drug-likeness (QED) is 0.445. The molecule has 0 unspecified atom stereocenters. The Morgan fingerprint density at radius 3 is 2.00 bits per heavy atom. The average molecular weight is 436 g/mol. The first-order valence-electron chi connectivity index (χ1n) is 11.5. The number of hydrogen-bond acceptors (Lipinski definition) is 8. The molecule has 170 valence electrons. The van der Waals surface area contributed by atoms with Crippen molar-refractivity contribution < 1.29 is 0 Å². The van der Waals surface area contributed by atoms with Crippen LogP contribution in [0, 0.1) is 0 Å². The maximum atomic E-state index is 5.75. The monoisotopic (exact) mass is 435 g/mol. The smallest absolute Gasteiger partial charge is 0.228 e. The summed E-state index contributed by atoms with van der Waals surface area (Å²) in [6.07, 6.45) is 1.01. The summed E-state index contributed by atoms with van der Waals surface area (Å²) in [5.41, 5.74) is 5.75. The van der Waals surface area contributed by atoms with E-state index in [1.54, 1.807) is 11.3 Å². The molecule has 0 saturated carbocycles. The molecule has 0 aromatic carbocycles. The van der Waals surface area contributed by atoms with Gasteiger partial charge in [0.15, 0.2) is 0 Å². The first-order valence-corrected chi connectivity index (χ1v) is 12.4. The van der Waals surface area contributed by atoms with Gasteiger partial charge in [0.25, 0.3) is 0 Å². The summed E-state index contributed by atoms with van der Waals surface area (Å²) in [5.74, 6) is 1.73.